The van der Waals surface area contributed by atoms with Crippen molar-refractivity contribution in [3.63, 3.8) is 0 Å². The Morgan fingerprint density at radius 3 is 2.36 bits per heavy atom. The average molecular weight is 546 g/mol. The first-order chi connectivity index (χ1) is 17.0. The van der Waals surface area contributed by atoms with Gasteiger partial charge in [0.1, 0.15) is 16.6 Å². The highest BCUT2D eigenvalue weighted by Gasteiger charge is 2.28. The Morgan fingerprint density at radius 1 is 1.03 bits per heavy atom. The van der Waals surface area contributed by atoms with Crippen LogP contribution in [0.1, 0.15) is 16.7 Å². The van der Waals surface area contributed by atoms with Crippen LogP contribution in [0.5, 0.6) is 5.75 Å². The number of rotatable bonds is 7. The highest BCUT2D eigenvalue weighted by atomic mass is 35.5. The number of carbonyl (C=O) groups excluding carboxylic acids is 1. The van der Waals surface area contributed by atoms with E-state index >= 15 is 0 Å². The molecule has 0 aliphatic rings. The van der Waals surface area contributed by atoms with Crippen molar-refractivity contribution in [1.29, 1.82) is 0 Å². The SMILES string of the molecule is Cc1ccc(S(=O)(=O)N[C@@H](Cc2ccccc2)C(=O)Oc2cc3oc(=O)c(Cl)c(C)c3cc2Cl)cc1. The minimum atomic E-state index is -4.05. The molecule has 0 amide bonds. The molecular formula is C26H21Cl2NO6S. The zero-order valence-electron chi connectivity index (χ0n) is 19.2. The molecule has 1 N–H and O–H groups in total. The van der Waals surface area contributed by atoms with Crippen molar-refractivity contribution in [3.8, 4) is 5.75 Å². The van der Waals surface area contributed by atoms with E-state index in [0.717, 1.165) is 5.56 Å². The number of sulfonamides is 1. The number of hydrogen-bond acceptors (Lipinski definition) is 6. The summed E-state index contributed by atoms with van der Waals surface area (Å²) in [7, 11) is -4.05. The Morgan fingerprint density at radius 2 is 1.69 bits per heavy atom. The monoisotopic (exact) mass is 545 g/mol. The molecule has 3 aromatic carbocycles. The summed E-state index contributed by atoms with van der Waals surface area (Å²) in [5.41, 5.74) is 1.45. The summed E-state index contributed by atoms with van der Waals surface area (Å²) in [6.45, 7) is 3.48. The first-order valence-electron chi connectivity index (χ1n) is 10.8. The van der Waals surface area contributed by atoms with Gasteiger partial charge in [-0.15, -0.1) is 0 Å². The molecule has 186 valence electrons. The lowest BCUT2D eigenvalue weighted by Gasteiger charge is -2.18. The number of halogens is 2. The number of carbonyl (C=O) groups is 1. The summed E-state index contributed by atoms with van der Waals surface area (Å²) in [4.78, 5) is 25.2. The molecule has 0 spiro atoms. The molecule has 10 heteroatoms. The van der Waals surface area contributed by atoms with Crippen molar-refractivity contribution in [1.82, 2.24) is 4.72 Å². The van der Waals surface area contributed by atoms with Gasteiger partial charge in [-0.3, -0.25) is 0 Å². The molecule has 0 bridgehead atoms. The second-order valence-electron chi connectivity index (χ2n) is 8.21. The van der Waals surface area contributed by atoms with Gasteiger partial charge in [-0.25, -0.2) is 18.0 Å². The van der Waals surface area contributed by atoms with Crippen molar-refractivity contribution in [2.45, 2.75) is 31.2 Å². The quantitative estimate of drug-likeness (QED) is 0.194. The maximum absolute atomic E-state index is 13.2. The van der Waals surface area contributed by atoms with Crippen LogP contribution in [0.25, 0.3) is 11.0 Å². The summed E-state index contributed by atoms with van der Waals surface area (Å²) in [6.07, 6.45) is 0.0275. The van der Waals surface area contributed by atoms with E-state index < -0.39 is 27.7 Å². The second-order valence-corrected chi connectivity index (χ2v) is 10.7. The molecule has 0 fully saturated rings. The standard InChI is InChI=1S/C26H21Cl2NO6S/c1-15-8-10-18(11-9-15)36(32,33)29-21(12-17-6-4-3-5-7-17)25(30)35-23-14-22-19(13-20(23)27)16(2)24(28)26(31)34-22/h3-11,13-14,21,29H,12H2,1-2H3/t21-/m0/s1. The average Bonchev–Trinajstić information content (AvgIpc) is 2.84. The molecule has 36 heavy (non-hydrogen) atoms. The van der Waals surface area contributed by atoms with E-state index in [-0.39, 0.29) is 32.7 Å². The first-order valence-corrected chi connectivity index (χ1v) is 13.1. The number of nitrogens with one attached hydrogen (secondary N) is 1. The van der Waals surface area contributed by atoms with Crippen LogP contribution in [0, 0.1) is 13.8 Å². The normalized spacial score (nSPS) is 12.4. The minimum absolute atomic E-state index is 0.0110. The lowest BCUT2D eigenvalue weighted by Crippen LogP contribution is -2.44. The van der Waals surface area contributed by atoms with Gasteiger partial charge in [0, 0.05) is 11.5 Å². The fourth-order valence-corrected chi connectivity index (χ4v) is 5.11. The van der Waals surface area contributed by atoms with Crippen LogP contribution in [0.3, 0.4) is 0 Å². The minimum Gasteiger partial charge on any atom is -0.424 e. The lowest BCUT2D eigenvalue weighted by molar-refractivity contribution is -0.136. The molecule has 1 atom stereocenters. The van der Waals surface area contributed by atoms with E-state index in [9.17, 15) is 18.0 Å². The fourth-order valence-electron chi connectivity index (χ4n) is 3.58. The van der Waals surface area contributed by atoms with Gasteiger partial charge < -0.3 is 9.15 Å². The fraction of sp³-hybridized carbons (Fsp3) is 0.154. The van der Waals surface area contributed by atoms with Gasteiger partial charge in [0.05, 0.1) is 9.92 Å². The molecule has 1 heterocycles. The van der Waals surface area contributed by atoms with Crippen LogP contribution in [0.4, 0.5) is 0 Å². The van der Waals surface area contributed by atoms with E-state index in [1.165, 1.54) is 24.3 Å². The number of esters is 1. The molecule has 0 aliphatic carbocycles. The predicted molar refractivity (Wildman–Crippen MR) is 138 cm³/mol. The van der Waals surface area contributed by atoms with Gasteiger partial charge in [-0.05, 0) is 49.6 Å². The first kappa shape index (κ1) is 25.9. The van der Waals surface area contributed by atoms with E-state index in [1.807, 2.05) is 13.0 Å². The number of benzene rings is 3. The maximum atomic E-state index is 13.2. The summed E-state index contributed by atoms with van der Waals surface area (Å²) in [6, 6.07) is 16.6. The molecule has 1 aromatic heterocycles. The molecule has 0 saturated heterocycles. The van der Waals surface area contributed by atoms with Gasteiger partial charge in [-0.2, -0.15) is 4.72 Å². The highest BCUT2D eigenvalue weighted by Crippen LogP contribution is 2.33. The van der Waals surface area contributed by atoms with Gasteiger partial charge in [0.25, 0.3) is 0 Å². The third kappa shape index (κ3) is 5.63. The number of aryl methyl sites for hydroxylation is 2. The van der Waals surface area contributed by atoms with Crippen LogP contribution in [0.2, 0.25) is 10.0 Å². The van der Waals surface area contributed by atoms with Gasteiger partial charge in [-0.1, -0.05) is 71.2 Å². The number of fused-ring (bicyclic) bond motifs is 1. The van der Waals surface area contributed by atoms with Crippen molar-refractivity contribution in [2.24, 2.45) is 0 Å². The Kier molecular flexibility index (Phi) is 7.51. The van der Waals surface area contributed by atoms with Crippen molar-refractivity contribution in [3.05, 3.63) is 104 Å². The van der Waals surface area contributed by atoms with Crippen molar-refractivity contribution in [2.75, 3.05) is 0 Å². The molecule has 0 saturated carbocycles. The van der Waals surface area contributed by atoms with Crippen LogP contribution in [-0.4, -0.2) is 20.4 Å². The Bertz CT molecular complexity index is 1600. The molecule has 4 aromatic rings. The van der Waals surface area contributed by atoms with Crippen molar-refractivity contribution >= 4 is 50.2 Å². The summed E-state index contributed by atoms with van der Waals surface area (Å²) in [5, 5.41) is 0.464. The summed E-state index contributed by atoms with van der Waals surface area (Å²) >= 11 is 12.3. The van der Waals surface area contributed by atoms with Crippen LogP contribution in [-0.2, 0) is 21.2 Å². The van der Waals surface area contributed by atoms with Gasteiger partial charge >= 0.3 is 11.6 Å². The smallest absolute Gasteiger partial charge is 0.355 e. The largest absolute Gasteiger partial charge is 0.424 e. The van der Waals surface area contributed by atoms with Crippen LogP contribution in [0.15, 0.2) is 80.8 Å². The maximum Gasteiger partial charge on any atom is 0.355 e. The number of hydrogen-bond donors (Lipinski definition) is 1. The Labute approximate surface area is 217 Å². The number of ether oxygens (including phenoxy) is 1. The van der Waals surface area contributed by atoms with Gasteiger partial charge in [0.15, 0.2) is 5.75 Å². The topological polar surface area (TPSA) is 103 Å². The van der Waals surface area contributed by atoms with Crippen molar-refractivity contribution < 1.29 is 22.4 Å². The molecule has 4 rings (SSSR count). The summed E-state index contributed by atoms with van der Waals surface area (Å²) in [5.74, 6) is -0.976. The van der Waals surface area contributed by atoms with Crippen LogP contribution < -0.4 is 15.1 Å². The highest BCUT2D eigenvalue weighted by molar-refractivity contribution is 7.89. The predicted octanol–water partition coefficient (Wildman–Crippen LogP) is 5.21. The van der Waals surface area contributed by atoms with E-state index in [0.29, 0.717) is 16.5 Å². The zero-order valence-corrected chi connectivity index (χ0v) is 21.6. The second kappa shape index (κ2) is 10.4. The molecule has 0 aliphatic heterocycles. The lowest BCUT2D eigenvalue weighted by atomic mass is 10.1. The Balaban J connectivity index is 1.67. The van der Waals surface area contributed by atoms with E-state index in [4.69, 9.17) is 32.4 Å². The third-order valence-electron chi connectivity index (χ3n) is 5.56. The Hall–Kier alpha value is -3.17. The molecule has 0 radical (unpaired) electrons. The molecular weight excluding hydrogens is 525 g/mol. The molecule has 7 nitrogen and oxygen atoms in total. The van der Waals surface area contributed by atoms with E-state index in [2.05, 4.69) is 4.72 Å². The summed E-state index contributed by atoms with van der Waals surface area (Å²) < 4.78 is 39.2. The molecule has 0 unspecified atom stereocenters. The van der Waals surface area contributed by atoms with E-state index in [1.54, 1.807) is 43.3 Å². The van der Waals surface area contributed by atoms with Gasteiger partial charge in [0.2, 0.25) is 10.0 Å². The third-order valence-corrected chi connectivity index (χ3v) is 7.78. The van der Waals surface area contributed by atoms with Crippen LogP contribution >= 0.6 is 23.2 Å². The zero-order chi connectivity index (χ0) is 26.0.